The number of fused-ring (bicyclic) bond motifs is 1. The Bertz CT molecular complexity index is 677. The fraction of sp³-hybridized carbons (Fsp3) is 0.412. The highest BCUT2D eigenvalue weighted by molar-refractivity contribution is 6.07. The predicted molar refractivity (Wildman–Crippen MR) is 85.6 cm³/mol. The van der Waals surface area contributed by atoms with Gasteiger partial charge in [0.05, 0.1) is 11.1 Å². The second-order valence-corrected chi connectivity index (χ2v) is 6.01. The molecule has 1 aliphatic rings. The molecule has 3 rings (SSSR count). The van der Waals surface area contributed by atoms with Crippen LogP contribution in [-0.2, 0) is 0 Å². The Kier molecular flexibility index (Phi) is 3.53. The van der Waals surface area contributed by atoms with Gasteiger partial charge in [-0.25, -0.2) is 4.98 Å². The van der Waals surface area contributed by atoms with Gasteiger partial charge >= 0.3 is 0 Å². The van der Waals surface area contributed by atoms with E-state index in [0.29, 0.717) is 5.56 Å². The van der Waals surface area contributed by atoms with Crippen molar-refractivity contribution < 1.29 is 4.79 Å². The van der Waals surface area contributed by atoms with Gasteiger partial charge in [-0.3, -0.25) is 4.79 Å². The van der Waals surface area contributed by atoms with Gasteiger partial charge in [0.2, 0.25) is 0 Å². The molecule has 0 spiro atoms. The van der Waals surface area contributed by atoms with E-state index in [9.17, 15) is 4.79 Å². The highest BCUT2D eigenvalue weighted by Crippen LogP contribution is 2.35. The van der Waals surface area contributed by atoms with E-state index in [0.717, 1.165) is 42.5 Å². The summed E-state index contributed by atoms with van der Waals surface area (Å²) in [7, 11) is 0. The SMILES string of the molecule is CCCNc1cc(C(=O)NC2(C)CC2)c2ccccc2n1. The van der Waals surface area contributed by atoms with Crippen LogP contribution < -0.4 is 10.6 Å². The number of rotatable bonds is 5. The van der Waals surface area contributed by atoms with Gasteiger partial charge in [-0.1, -0.05) is 25.1 Å². The lowest BCUT2D eigenvalue weighted by molar-refractivity contribution is 0.0937. The zero-order valence-electron chi connectivity index (χ0n) is 12.6. The van der Waals surface area contributed by atoms with Gasteiger partial charge in [0.15, 0.2) is 0 Å². The third-order valence-corrected chi connectivity index (χ3v) is 3.93. The first kappa shape index (κ1) is 13.9. The second-order valence-electron chi connectivity index (χ2n) is 6.01. The van der Waals surface area contributed by atoms with Crippen LogP contribution in [0.2, 0.25) is 0 Å². The zero-order chi connectivity index (χ0) is 14.9. The van der Waals surface area contributed by atoms with Crippen molar-refractivity contribution in [3.05, 3.63) is 35.9 Å². The Hall–Kier alpha value is -2.10. The Morgan fingerprint density at radius 2 is 2.10 bits per heavy atom. The summed E-state index contributed by atoms with van der Waals surface area (Å²) in [6.45, 7) is 5.05. The van der Waals surface area contributed by atoms with Crippen molar-refractivity contribution in [2.24, 2.45) is 0 Å². The second kappa shape index (κ2) is 5.35. The molecule has 4 heteroatoms. The van der Waals surface area contributed by atoms with E-state index in [1.54, 1.807) is 0 Å². The fourth-order valence-corrected chi connectivity index (χ4v) is 2.36. The number of aromatic nitrogens is 1. The first-order valence-corrected chi connectivity index (χ1v) is 7.57. The van der Waals surface area contributed by atoms with E-state index >= 15 is 0 Å². The van der Waals surface area contributed by atoms with Crippen LogP contribution in [0.25, 0.3) is 10.9 Å². The average molecular weight is 283 g/mol. The van der Waals surface area contributed by atoms with Gasteiger partial charge in [0.1, 0.15) is 5.82 Å². The summed E-state index contributed by atoms with van der Waals surface area (Å²) >= 11 is 0. The molecule has 2 N–H and O–H groups in total. The third kappa shape index (κ3) is 2.99. The van der Waals surface area contributed by atoms with Gasteiger partial charge < -0.3 is 10.6 Å². The summed E-state index contributed by atoms with van der Waals surface area (Å²) in [6, 6.07) is 9.65. The molecule has 1 aromatic heterocycles. The number of para-hydroxylation sites is 1. The van der Waals surface area contributed by atoms with E-state index in [-0.39, 0.29) is 11.4 Å². The molecule has 0 radical (unpaired) electrons. The number of pyridine rings is 1. The number of anilines is 1. The predicted octanol–water partition coefficient (Wildman–Crippen LogP) is 3.34. The Morgan fingerprint density at radius 3 is 2.81 bits per heavy atom. The fourth-order valence-electron chi connectivity index (χ4n) is 2.36. The highest BCUT2D eigenvalue weighted by Gasteiger charge is 2.39. The molecule has 1 fully saturated rings. The van der Waals surface area contributed by atoms with Crippen LogP contribution in [0.15, 0.2) is 30.3 Å². The first-order valence-electron chi connectivity index (χ1n) is 7.57. The Balaban J connectivity index is 1.99. The van der Waals surface area contributed by atoms with Crippen LogP contribution in [0.1, 0.15) is 43.5 Å². The van der Waals surface area contributed by atoms with E-state index in [1.807, 2.05) is 30.3 Å². The van der Waals surface area contributed by atoms with E-state index in [4.69, 9.17) is 0 Å². The van der Waals surface area contributed by atoms with Gasteiger partial charge in [0, 0.05) is 17.5 Å². The highest BCUT2D eigenvalue weighted by atomic mass is 16.1. The lowest BCUT2D eigenvalue weighted by atomic mass is 10.1. The summed E-state index contributed by atoms with van der Waals surface area (Å²) < 4.78 is 0. The largest absolute Gasteiger partial charge is 0.370 e. The number of hydrogen-bond acceptors (Lipinski definition) is 3. The van der Waals surface area contributed by atoms with Crippen LogP contribution in [0, 0.1) is 0 Å². The van der Waals surface area contributed by atoms with E-state index < -0.39 is 0 Å². The molecule has 1 amide bonds. The molecule has 0 aliphatic heterocycles. The minimum Gasteiger partial charge on any atom is -0.370 e. The van der Waals surface area contributed by atoms with Crippen molar-refractivity contribution in [3.8, 4) is 0 Å². The van der Waals surface area contributed by atoms with Crippen LogP contribution in [-0.4, -0.2) is 23.0 Å². The Labute approximate surface area is 125 Å². The lowest BCUT2D eigenvalue weighted by Gasteiger charge is -2.14. The van der Waals surface area contributed by atoms with Crippen molar-refractivity contribution in [1.82, 2.24) is 10.3 Å². The Morgan fingerprint density at radius 1 is 1.33 bits per heavy atom. The van der Waals surface area contributed by atoms with Crippen molar-refractivity contribution in [1.29, 1.82) is 0 Å². The lowest BCUT2D eigenvalue weighted by Crippen LogP contribution is -2.34. The molecular weight excluding hydrogens is 262 g/mol. The van der Waals surface area contributed by atoms with Gasteiger partial charge in [-0.2, -0.15) is 0 Å². The van der Waals surface area contributed by atoms with Crippen molar-refractivity contribution in [3.63, 3.8) is 0 Å². The number of carbonyl (C=O) groups excluding carboxylic acids is 1. The standard InChI is InChI=1S/C17H21N3O/c1-3-10-18-15-11-13(16(21)20-17(2)8-9-17)12-6-4-5-7-14(12)19-15/h4-7,11H,3,8-10H2,1-2H3,(H,18,19)(H,20,21). The zero-order valence-corrected chi connectivity index (χ0v) is 12.6. The number of amides is 1. The van der Waals surface area contributed by atoms with Gasteiger partial charge in [-0.15, -0.1) is 0 Å². The summed E-state index contributed by atoms with van der Waals surface area (Å²) in [6.07, 6.45) is 3.14. The van der Waals surface area contributed by atoms with Gasteiger partial charge in [-0.05, 0) is 38.3 Å². The van der Waals surface area contributed by atoms with E-state index in [2.05, 4.69) is 29.5 Å². The van der Waals surface area contributed by atoms with E-state index in [1.165, 1.54) is 0 Å². The molecule has 21 heavy (non-hydrogen) atoms. The van der Waals surface area contributed by atoms with Crippen LogP contribution >= 0.6 is 0 Å². The van der Waals surface area contributed by atoms with Crippen molar-refractivity contribution in [2.75, 3.05) is 11.9 Å². The first-order chi connectivity index (χ1) is 10.1. The number of benzene rings is 1. The summed E-state index contributed by atoms with van der Waals surface area (Å²) in [4.78, 5) is 17.2. The number of nitrogens with zero attached hydrogens (tertiary/aromatic N) is 1. The quantitative estimate of drug-likeness (QED) is 0.885. The molecule has 0 saturated heterocycles. The topological polar surface area (TPSA) is 54.0 Å². The summed E-state index contributed by atoms with van der Waals surface area (Å²) in [5.74, 6) is 0.759. The minimum atomic E-state index is -0.0154. The molecule has 0 atom stereocenters. The van der Waals surface area contributed by atoms with Gasteiger partial charge in [0.25, 0.3) is 5.91 Å². The summed E-state index contributed by atoms with van der Waals surface area (Å²) in [5.41, 5.74) is 1.54. The maximum atomic E-state index is 12.6. The molecule has 0 bridgehead atoms. The number of nitrogens with one attached hydrogen (secondary N) is 2. The van der Waals surface area contributed by atoms with Crippen LogP contribution in [0.3, 0.4) is 0 Å². The van der Waals surface area contributed by atoms with Crippen molar-refractivity contribution >= 4 is 22.6 Å². The average Bonchev–Trinajstić information content (AvgIpc) is 3.21. The molecule has 1 aromatic carbocycles. The van der Waals surface area contributed by atoms with Crippen LogP contribution in [0.4, 0.5) is 5.82 Å². The smallest absolute Gasteiger partial charge is 0.252 e. The molecule has 110 valence electrons. The third-order valence-electron chi connectivity index (χ3n) is 3.93. The summed E-state index contributed by atoms with van der Waals surface area (Å²) in [5, 5.41) is 7.30. The van der Waals surface area contributed by atoms with Crippen LogP contribution in [0.5, 0.6) is 0 Å². The number of carbonyl (C=O) groups is 1. The molecular formula is C17H21N3O. The maximum Gasteiger partial charge on any atom is 0.252 e. The van der Waals surface area contributed by atoms with Crippen molar-refractivity contribution in [2.45, 2.75) is 38.6 Å². The molecule has 1 heterocycles. The minimum absolute atomic E-state index is 0.00634. The normalized spacial score (nSPS) is 15.7. The molecule has 2 aromatic rings. The molecule has 4 nitrogen and oxygen atoms in total. The monoisotopic (exact) mass is 283 g/mol. The molecule has 0 unspecified atom stereocenters. The maximum absolute atomic E-state index is 12.6. The number of hydrogen-bond donors (Lipinski definition) is 2. The molecule has 1 saturated carbocycles. The molecule has 1 aliphatic carbocycles.